The molecule has 0 bridgehead atoms. The van der Waals surface area contributed by atoms with Crippen molar-refractivity contribution in [2.75, 3.05) is 52.5 Å². The molecule has 1 saturated heterocycles. The molecular formula is C26H35N2O4+. The van der Waals surface area contributed by atoms with Crippen LogP contribution < -0.4 is 19.1 Å². The molecule has 3 rings (SSSR count). The van der Waals surface area contributed by atoms with E-state index in [1.54, 1.807) is 12.1 Å². The van der Waals surface area contributed by atoms with Gasteiger partial charge in [0.15, 0.2) is 11.5 Å². The summed E-state index contributed by atoms with van der Waals surface area (Å²) in [6.45, 7) is 11.5. The predicted octanol–water partition coefficient (Wildman–Crippen LogP) is 2.94. The van der Waals surface area contributed by atoms with Crippen molar-refractivity contribution in [3.8, 4) is 17.2 Å². The summed E-state index contributed by atoms with van der Waals surface area (Å²) in [7, 11) is 0. The normalized spacial score (nSPS) is 14.5. The Bertz CT molecular complexity index is 863. The van der Waals surface area contributed by atoms with E-state index in [1.165, 1.54) is 10.5 Å². The van der Waals surface area contributed by atoms with E-state index >= 15 is 0 Å². The van der Waals surface area contributed by atoms with Gasteiger partial charge in [-0.2, -0.15) is 0 Å². The van der Waals surface area contributed by atoms with Gasteiger partial charge < -0.3 is 24.0 Å². The van der Waals surface area contributed by atoms with E-state index in [-0.39, 0.29) is 5.91 Å². The maximum Gasteiger partial charge on any atom is 0.254 e. The van der Waals surface area contributed by atoms with Crippen molar-refractivity contribution in [1.29, 1.82) is 0 Å². The Kier molecular flexibility index (Phi) is 8.99. The summed E-state index contributed by atoms with van der Waals surface area (Å²) in [4.78, 5) is 16.6. The minimum absolute atomic E-state index is 0.00818. The molecule has 32 heavy (non-hydrogen) atoms. The number of piperazine rings is 1. The zero-order valence-electron chi connectivity index (χ0n) is 19.4. The lowest BCUT2D eigenvalue weighted by Crippen LogP contribution is -3.14. The molecule has 0 aliphatic carbocycles. The van der Waals surface area contributed by atoms with Crippen molar-refractivity contribution < 1.29 is 23.9 Å². The highest BCUT2D eigenvalue weighted by Crippen LogP contribution is 2.39. The first-order chi connectivity index (χ1) is 15.7. The van der Waals surface area contributed by atoms with Gasteiger partial charge in [0, 0.05) is 5.56 Å². The second-order valence-electron chi connectivity index (χ2n) is 7.66. The van der Waals surface area contributed by atoms with Crippen LogP contribution in [0.2, 0.25) is 0 Å². The van der Waals surface area contributed by atoms with Gasteiger partial charge in [0.1, 0.15) is 0 Å². The zero-order valence-corrected chi connectivity index (χ0v) is 19.4. The van der Waals surface area contributed by atoms with E-state index < -0.39 is 0 Å². The summed E-state index contributed by atoms with van der Waals surface area (Å²) in [5, 5.41) is 0. The highest BCUT2D eigenvalue weighted by atomic mass is 16.5. The SMILES string of the molecule is CCOc1cc(C(=O)N2CC[NH+](C/C=C/c3ccccc3)CC2)cc(OCC)c1OCC. The Balaban J connectivity index is 1.64. The summed E-state index contributed by atoms with van der Waals surface area (Å²) < 4.78 is 17.3. The van der Waals surface area contributed by atoms with E-state index in [9.17, 15) is 4.79 Å². The number of carbonyl (C=O) groups excluding carboxylic acids is 1. The second-order valence-corrected chi connectivity index (χ2v) is 7.66. The molecule has 1 amide bonds. The molecule has 2 aromatic rings. The number of nitrogens with one attached hydrogen (secondary N) is 1. The van der Waals surface area contributed by atoms with Crippen LogP contribution in [0.4, 0.5) is 0 Å². The molecule has 6 nitrogen and oxygen atoms in total. The molecule has 2 aromatic carbocycles. The number of hydrogen-bond donors (Lipinski definition) is 1. The third kappa shape index (κ3) is 6.26. The molecule has 1 aliphatic rings. The van der Waals surface area contributed by atoms with E-state index in [4.69, 9.17) is 14.2 Å². The van der Waals surface area contributed by atoms with Crippen LogP contribution in [-0.2, 0) is 0 Å². The summed E-state index contributed by atoms with van der Waals surface area (Å²) in [5.41, 5.74) is 1.79. The van der Waals surface area contributed by atoms with Gasteiger partial charge >= 0.3 is 0 Å². The zero-order chi connectivity index (χ0) is 22.8. The van der Waals surface area contributed by atoms with Gasteiger partial charge in [-0.15, -0.1) is 0 Å². The molecule has 0 unspecified atom stereocenters. The highest BCUT2D eigenvalue weighted by molar-refractivity contribution is 5.95. The van der Waals surface area contributed by atoms with Gasteiger partial charge in [-0.3, -0.25) is 4.79 Å². The minimum Gasteiger partial charge on any atom is -0.490 e. The molecule has 1 heterocycles. The van der Waals surface area contributed by atoms with Gasteiger partial charge in [0.2, 0.25) is 5.75 Å². The van der Waals surface area contributed by atoms with Crippen LogP contribution in [-0.4, -0.2) is 63.4 Å². The third-order valence-corrected chi connectivity index (χ3v) is 5.43. The fourth-order valence-electron chi connectivity index (χ4n) is 3.85. The van der Waals surface area contributed by atoms with Crippen LogP contribution in [0.15, 0.2) is 48.5 Å². The molecule has 0 saturated carbocycles. The summed E-state index contributed by atoms with van der Waals surface area (Å²) in [6, 6.07) is 13.9. The van der Waals surface area contributed by atoms with Crippen LogP contribution >= 0.6 is 0 Å². The molecular weight excluding hydrogens is 404 g/mol. The van der Waals surface area contributed by atoms with Crippen molar-refractivity contribution >= 4 is 12.0 Å². The van der Waals surface area contributed by atoms with Gasteiger partial charge in [0.05, 0.1) is 52.5 Å². The maximum absolute atomic E-state index is 13.2. The molecule has 6 heteroatoms. The molecule has 1 aliphatic heterocycles. The van der Waals surface area contributed by atoms with E-state index in [0.717, 1.165) is 32.7 Å². The Morgan fingerprint density at radius 2 is 1.53 bits per heavy atom. The van der Waals surface area contributed by atoms with Gasteiger partial charge in [-0.25, -0.2) is 0 Å². The lowest BCUT2D eigenvalue weighted by atomic mass is 10.1. The number of amides is 1. The standard InChI is InChI=1S/C26H34N2O4/c1-4-30-23-19-22(20-24(31-5-2)25(23)32-6-3)26(29)28-17-15-27(16-18-28)14-10-13-21-11-8-7-9-12-21/h7-13,19-20H,4-6,14-18H2,1-3H3/p+1/b13-10+. The number of benzene rings is 2. The van der Waals surface area contributed by atoms with Crippen molar-refractivity contribution in [2.24, 2.45) is 0 Å². The van der Waals surface area contributed by atoms with Crippen molar-refractivity contribution in [3.63, 3.8) is 0 Å². The van der Waals surface area contributed by atoms with Crippen LogP contribution in [0.1, 0.15) is 36.7 Å². The molecule has 0 spiro atoms. The number of hydrogen-bond acceptors (Lipinski definition) is 4. The van der Waals surface area contributed by atoms with Gasteiger partial charge in [-0.1, -0.05) is 36.4 Å². The number of quaternary nitrogens is 1. The number of rotatable bonds is 10. The number of nitrogens with zero attached hydrogens (tertiary/aromatic N) is 1. The van der Waals surface area contributed by atoms with Crippen molar-refractivity contribution in [2.45, 2.75) is 20.8 Å². The fraction of sp³-hybridized carbons (Fsp3) is 0.423. The lowest BCUT2D eigenvalue weighted by molar-refractivity contribution is -0.898. The average Bonchev–Trinajstić information content (AvgIpc) is 2.82. The largest absolute Gasteiger partial charge is 0.490 e. The maximum atomic E-state index is 13.2. The molecule has 172 valence electrons. The summed E-state index contributed by atoms with van der Waals surface area (Å²) >= 11 is 0. The van der Waals surface area contributed by atoms with Crippen LogP contribution in [0.25, 0.3) is 6.08 Å². The second kappa shape index (κ2) is 12.2. The Hall–Kier alpha value is -2.99. The lowest BCUT2D eigenvalue weighted by Gasteiger charge is -2.32. The molecule has 0 radical (unpaired) electrons. The Labute approximate surface area is 191 Å². The fourth-order valence-corrected chi connectivity index (χ4v) is 3.85. The first-order valence-electron chi connectivity index (χ1n) is 11.6. The van der Waals surface area contributed by atoms with Crippen LogP contribution in [0.5, 0.6) is 17.2 Å². The monoisotopic (exact) mass is 439 g/mol. The quantitative estimate of drug-likeness (QED) is 0.619. The Morgan fingerprint density at radius 3 is 2.09 bits per heavy atom. The number of carbonyl (C=O) groups is 1. The van der Waals surface area contributed by atoms with E-state index in [0.29, 0.717) is 42.6 Å². The third-order valence-electron chi connectivity index (χ3n) is 5.43. The molecule has 1 fully saturated rings. The van der Waals surface area contributed by atoms with Gasteiger partial charge in [-0.05, 0) is 44.5 Å². The van der Waals surface area contributed by atoms with Crippen molar-refractivity contribution in [1.82, 2.24) is 4.90 Å². The molecule has 0 atom stereocenters. The summed E-state index contributed by atoms with van der Waals surface area (Å²) in [5.74, 6) is 1.68. The smallest absolute Gasteiger partial charge is 0.254 e. The number of ether oxygens (including phenoxy) is 3. The van der Waals surface area contributed by atoms with Crippen LogP contribution in [0, 0.1) is 0 Å². The van der Waals surface area contributed by atoms with E-state index in [2.05, 4.69) is 24.3 Å². The van der Waals surface area contributed by atoms with Crippen molar-refractivity contribution in [3.05, 3.63) is 59.7 Å². The topological polar surface area (TPSA) is 52.4 Å². The van der Waals surface area contributed by atoms with E-state index in [1.807, 2.05) is 43.9 Å². The average molecular weight is 440 g/mol. The first kappa shape index (κ1) is 23.7. The predicted molar refractivity (Wildman–Crippen MR) is 127 cm³/mol. The molecule has 1 N–H and O–H groups in total. The highest BCUT2D eigenvalue weighted by Gasteiger charge is 2.26. The Morgan fingerprint density at radius 1 is 0.938 bits per heavy atom. The summed E-state index contributed by atoms with van der Waals surface area (Å²) in [6.07, 6.45) is 4.38. The van der Waals surface area contributed by atoms with Gasteiger partial charge in [0.25, 0.3) is 5.91 Å². The molecule has 0 aromatic heterocycles. The van der Waals surface area contributed by atoms with Crippen LogP contribution in [0.3, 0.4) is 0 Å². The minimum atomic E-state index is 0.00818. The first-order valence-corrected chi connectivity index (χ1v) is 11.6.